The molecule has 2 amide bonds. The average molecular weight is 261 g/mol. The predicted molar refractivity (Wildman–Crippen MR) is 74.9 cm³/mol. The van der Waals surface area contributed by atoms with Crippen molar-refractivity contribution in [3.05, 3.63) is 24.3 Å². The summed E-state index contributed by atoms with van der Waals surface area (Å²) in [5, 5.41) is 8.71. The smallest absolute Gasteiger partial charge is 0.247 e. The first kappa shape index (κ1) is 13.4. The van der Waals surface area contributed by atoms with Crippen molar-refractivity contribution in [3.8, 4) is 0 Å². The summed E-state index contributed by atoms with van der Waals surface area (Å²) in [6, 6.07) is 6.95. The molecule has 2 rings (SSSR count). The number of hydrogen-bond donors (Lipinski definition) is 3. The fraction of sp³-hybridized carbons (Fsp3) is 0.429. The Morgan fingerprint density at radius 1 is 1.32 bits per heavy atom. The van der Waals surface area contributed by atoms with Crippen molar-refractivity contribution in [2.45, 2.75) is 26.3 Å². The van der Waals surface area contributed by atoms with Crippen LogP contribution in [0.5, 0.6) is 0 Å². The van der Waals surface area contributed by atoms with Gasteiger partial charge in [-0.25, -0.2) is 0 Å². The van der Waals surface area contributed by atoms with Gasteiger partial charge in [0.1, 0.15) is 6.04 Å². The molecule has 0 aliphatic carbocycles. The maximum absolute atomic E-state index is 11.9. The van der Waals surface area contributed by atoms with Crippen molar-refractivity contribution in [3.63, 3.8) is 0 Å². The Kier molecular flexibility index (Phi) is 4.04. The molecule has 0 aromatic heterocycles. The minimum Gasteiger partial charge on any atom is -0.372 e. The molecular weight excluding hydrogens is 242 g/mol. The van der Waals surface area contributed by atoms with Crippen molar-refractivity contribution >= 4 is 23.2 Å². The molecule has 1 aromatic carbocycles. The number of carbonyl (C=O) groups is 2. The third-order valence-corrected chi connectivity index (χ3v) is 2.93. The molecule has 1 aliphatic rings. The molecule has 0 saturated carbocycles. The van der Waals surface area contributed by atoms with Crippen LogP contribution in [0.1, 0.15) is 20.3 Å². The monoisotopic (exact) mass is 261 g/mol. The molecule has 19 heavy (non-hydrogen) atoms. The normalized spacial score (nSPS) is 17.4. The van der Waals surface area contributed by atoms with Gasteiger partial charge >= 0.3 is 0 Å². The van der Waals surface area contributed by atoms with Crippen LogP contribution in [0.4, 0.5) is 11.4 Å². The maximum Gasteiger partial charge on any atom is 0.247 e. The third-order valence-electron chi connectivity index (χ3n) is 2.93. The van der Waals surface area contributed by atoms with E-state index in [9.17, 15) is 9.59 Å². The second-order valence-corrected chi connectivity index (χ2v) is 5.13. The number of fused-ring (bicyclic) bond motifs is 1. The maximum atomic E-state index is 11.9. The lowest BCUT2D eigenvalue weighted by molar-refractivity contribution is -0.125. The molecule has 5 nitrogen and oxygen atoms in total. The van der Waals surface area contributed by atoms with Crippen LogP contribution in [0.3, 0.4) is 0 Å². The highest BCUT2D eigenvalue weighted by Gasteiger charge is 2.27. The highest BCUT2D eigenvalue weighted by molar-refractivity contribution is 6.04. The van der Waals surface area contributed by atoms with E-state index >= 15 is 0 Å². The predicted octanol–water partition coefficient (Wildman–Crippen LogP) is 1.58. The number of nitrogens with one attached hydrogen (secondary N) is 3. The van der Waals surface area contributed by atoms with Crippen LogP contribution < -0.4 is 16.0 Å². The number of benzene rings is 1. The highest BCUT2D eigenvalue weighted by Crippen LogP contribution is 2.26. The summed E-state index contributed by atoms with van der Waals surface area (Å²) in [6.45, 7) is 4.69. The third kappa shape index (κ3) is 3.47. The van der Waals surface area contributed by atoms with Gasteiger partial charge < -0.3 is 16.0 Å². The molecule has 0 fully saturated rings. The Bertz CT molecular complexity index is 485. The minimum atomic E-state index is -0.512. The van der Waals surface area contributed by atoms with E-state index in [4.69, 9.17) is 0 Å². The molecule has 3 N–H and O–H groups in total. The second kappa shape index (κ2) is 5.73. The fourth-order valence-electron chi connectivity index (χ4n) is 1.91. The summed E-state index contributed by atoms with van der Waals surface area (Å²) in [5.41, 5.74) is 1.61. The first-order chi connectivity index (χ1) is 9.06. The van der Waals surface area contributed by atoms with E-state index in [0.29, 0.717) is 12.5 Å². The Morgan fingerprint density at radius 2 is 2.00 bits per heavy atom. The summed E-state index contributed by atoms with van der Waals surface area (Å²) in [4.78, 5) is 23.6. The van der Waals surface area contributed by atoms with E-state index in [1.165, 1.54) is 0 Å². The zero-order valence-corrected chi connectivity index (χ0v) is 11.2. The van der Waals surface area contributed by atoms with Crippen LogP contribution in [0.2, 0.25) is 0 Å². The first-order valence-electron chi connectivity index (χ1n) is 6.49. The van der Waals surface area contributed by atoms with Gasteiger partial charge in [-0.1, -0.05) is 26.0 Å². The van der Waals surface area contributed by atoms with E-state index in [-0.39, 0.29) is 18.2 Å². The quantitative estimate of drug-likeness (QED) is 0.770. The standard InChI is InChI=1S/C14H19N3O2/c1-9(2)8-15-13(18)7-12-14(19)17-11-6-4-3-5-10(11)16-12/h3-6,9,12,16H,7-8H2,1-2H3,(H,15,18)(H,17,19)/t12-/m1/s1. The number of para-hydroxylation sites is 2. The molecular formula is C14H19N3O2. The number of carbonyl (C=O) groups excluding carboxylic acids is 2. The highest BCUT2D eigenvalue weighted by atomic mass is 16.2. The van der Waals surface area contributed by atoms with Crippen molar-refractivity contribution in [2.75, 3.05) is 17.2 Å². The molecule has 0 saturated heterocycles. The van der Waals surface area contributed by atoms with Gasteiger partial charge in [-0.3, -0.25) is 9.59 Å². The lowest BCUT2D eigenvalue weighted by Crippen LogP contribution is -2.42. The molecule has 1 atom stereocenters. The summed E-state index contributed by atoms with van der Waals surface area (Å²) in [6.07, 6.45) is 0.146. The number of anilines is 2. The van der Waals surface area contributed by atoms with Crippen LogP contribution in [0.15, 0.2) is 24.3 Å². The van der Waals surface area contributed by atoms with Gasteiger partial charge in [0.05, 0.1) is 17.8 Å². The Hall–Kier alpha value is -2.04. The van der Waals surface area contributed by atoms with Gasteiger partial charge in [-0.05, 0) is 18.1 Å². The number of hydrogen-bond acceptors (Lipinski definition) is 3. The molecule has 102 valence electrons. The van der Waals surface area contributed by atoms with Crippen LogP contribution in [0, 0.1) is 5.92 Å². The van der Waals surface area contributed by atoms with Crippen LogP contribution in [0.25, 0.3) is 0 Å². The number of rotatable bonds is 4. The van der Waals surface area contributed by atoms with E-state index in [1.807, 2.05) is 38.1 Å². The summed E-state index contributed by atoms with van der Waals surface area (Å²) in [5.74, 6) is 0.122. The molecule has 1 heterocycles. The number of amides is 2. The molecule has 1 aromatic rings. The van der Waals surface area contributed by atoms with Crippen molar-refractivity contribution < 1.29 is 9.59 Å². The lowest BCUT2D eigenvalue weighted by atomic mass is 10.1. The fourth-order valence-corrected chi connectivity index (χ4v) is 1.91. The Morgan fingerprint density at radius 3 is 2.68 bits per heavy atom. The molecule has 1 aliphatic heterocycles. The lowest BCUT2D eigenvalue weighted by Gasteiger charge is -2.26. The van der Waals surface area contributed by atoms with Crippen LogP contribution in [-0.2, 0) is 9.59 Å². The van der Waals surface area contributed by atoms with E-state index < -0.39 is 6.04 Å². The summed E-state index contributed by atoms with van der Waals surface area (Å²) in [7, 11) is 0. The zero-order valence-electron chi connectivity index (χ0n) is 11.2. The Balaban J connectivity index is 1.95. The molecule has 5 heteroatoms. The van der Waals surface area contributed by atoms with E-state index in [1.54, 1.807) is 0 Å². The van der Waals surface area contributed by atoms with E-state index in [0.717, 1.165) is 11.4 Å². The summed E-state index contributed by atoms with van der Waals surface area (Å²) < 4.78 is 0. The largest absolute Gasteiger partial charge is 0.372 e. The first-order valence-corrected chi connectivity index (χ1v) is 6.49. The minimum absolute atomic E-state index is 0.110. The van der Waals surface area contributed by atoms with Crippen molar-refractivity contribution in [2.24, 2.45) is 5.92 Å². The van der Waals surface area contributed by atoms with Gasteiger partial charge in [0, 0.05) is 6.54 Å². The van der Waals surface area contributed by atoms with Gasteiger partial charge in [-0.15, -0.1) is 0 Å². The van der Waals surface area contributed by atoms with Gasteiger partial charge in [0.15, 0.2) is 0 Å². The molecule has 0 bridgehead atoms. The average Bonchev–Trinajstić information content (AvgIpc) is 2.37. The second-order valence-electron chi connectivity index (χ2n) is 5.13. The van der Waals surface area contributed by atoms with Crippen molar-refractivity contribution in [1.29, 1.82) is 0 Å². The van der Waals surface area contributed by atoms with Crippen LogP contribution in [-0.4, -0.2) is 24.4 Å². The van der Waals surface area contributed by atoms with E-state index in [2.05, 4.69) is 16.0 Å². The van der Waals surface area contributed by atoms with Gasteiger partial charge in [-0.2, -0.15) is 0 Å². The molecule has 0 spiro atoms. The van der Waals surface area contributed by atoms with Gasteiger partial charge in [0.25, 0.3) is 0 Å². The Labute approximate surface area is 112 Å². The zero-order chi connectivity index (χ0) is 13.8. The van der Waals surface area contributed by atoms with Gasteiger partial charge in [0.2, 0.25) is 11.8 Å². The van der Waals surface area contributed by atoms with Crippen LogP contribution >= 0.6 is 0 Å². The SMILES string of the molecule is CC(C)CNC(=O)C[C@H]1Nc2ccccc2NC1=O. The molecule has 0 radical (unpaired) electrons. The topological polar surface area (TPSA) is 70.2 Å². The van der Waals surface area contributed by atoms with Crippen molar-refractivity contribution in [1.82, 2.24) is 5.32 Å². The molecule has 0 unspecified atom stereocenters. The summed E-state index contributed by atoms with van der Waals surface area (Å²) >= 11 is 0.